The monoisotopic (exact) mass is 206 g/mol. The maximum absolute atomic E-state index is 11.1. The number of hydrogen-bond donors (Lipinski definition) is 2. The number of hydrogen-bond acceptors (Lipinski definition) is 3. The molecule has 0 heterocycles. The summed E-state index contributed by atoms with van der Waals surface area (Å²) < 4.78 is 24.8. The van der Waals surface area contributed by atoms with E-state index in [0.29, 0.717) is 12.5 Å². The van der Waals surface area contributed by atoms with Gasteiger partial charge in [0.2, 0.25) is 10.0 Å². The fraction of sp³-hybridized carbons (Fsp3) is 1.00. The van der Waals surface area contributed by atoms with Gasteiger partial charge in [0.05, 0.1) is 5.75 Å². The molecular weight excluding hydrogens is 188 g/mol. The second-order valence-electron chi connectivity index (χ2n) is 3.61. The van der Waals surface area contributed by atoms with Gasteiger partial charge < -0.3 is 5.73 Å². The van der Waals surface area contributed by atoms with Crippen LogP contribution in [0.15, 0.2) is 0 Å². The predicted octanol–water partition coefficient (Wildman–Crippen LogP) is 0.0531. The van der Waals surface area contributed by atoms with Crippen molar-refractivity contribution in [3.8, 4) is 0 Å². The normalized spacial score (nSPS) is 29.4. The van der Waals surface area contributed by atoms with Crippen molar-refractivity contribution in [2.45, 2.75) is 32.2 Å². The van der Waals surface area contributed by atoms with Gasteiger partial charge in [-0.2, -0.15) is 0 Å². The average Bonchev–Trinajstić information content (AvgIpc) is 2.48. The Labute approximate surface area is 79.9 Å². The van der Waals surface area contributed by atoms with E-state index in [2.05, 4.69) is 4.72 Å². The smallest absolute Gasteiger partial charge is 0.211 e. The van der Waals surface area contributed by atoms with E-state index >= 15 is 0 Å². The van der Waals surface area contributed by atoms with E-state index in [1.807, 2.05) is 0 Å². The van der Waals surface area contributed by atoms with E-state index in [4.69, 9.17) is 5.73 Å². The number of sulfonamides is 1. The van der Waals surface area contributed by atoms with E-state index in [0.717, 1.165) is 19.3 Å². The third-order valence-electron chi connectivity index (χ3n) is 2.66. The summed E-state index contributed by atoms with van der Waals surface area (Å²) in [6, 6.07) is 0.180. The van der Waals surface area contributed by atoms with Crippen molar-refractivity contribution in [3.63, 3.8) is 0 Å². The standard InChI is InChI=1S/C8H18N2O2S/c1-2-13(11,12)10-6-7-4-3-5-8(7)9/h7-8,10H,2-6,9H2,1H3. The highest BCUT2D eigenvalue weighted by Crippen LogP contribution is 2.23. The molecular formula is C8H18N2O2S. The summed E-state index contributed by atoms with van der Waals surface area (Å²) in [4.78, 5) is 0. The molecule has 1 aliphatic carbocycles. The maximum atomic E-state index is 11.1. The largest absolute Gasteiger partial charge is 0.327 e. The van der Waals surface area contributed by atoms with Crippen molar-refractivity contribution >= 4 is 10.0 Å². The number of nitrogens with two attached hydrogens (primary N) is 1. The lowest BCUT2D eigenvalue weighted by atomic mass is 10.1. The lowest BCUT2D eigenvalue weighted by molar-refractivity contribution is 0.470. The maximum Gasteiger partial charge on any atom is 0.211 e. The number of rotatable bonds is 4. The zero-order valence-corrected chi connectivity index (χ0v) is 8.81. The third kappa shape index (κ3) is 3.25. The van der Waals surface area contributed by atoms with E-state index < -0.39 is 10.0 Å². The molecule has 0 aromatic rings. The summed E-state index contributed by atoms with van der Waals surface area (Å²) in [5.74, 6) is 0.482. The molecule has 0 amide bonds. The highest BCUT2D eigenvalue weighted by Gasteiger charge is 2.24. The van der Waals surface area contributed by atoms with Gasteiger partial charge in [-0.15, -0.1) is 0 Å². The van der Waals surface area contributed by atoms with Gasteiger partial charge in [-0.1, -0.05) is 6.42 Å². The molecule has 2 unspecified atom stereocenters. The Morgan fingerprint density at radius 2 is 2.15 bits per heavy atom. The van der Waals surface area contributed by atoms with Crippen molar-refractivity contribution in [1.29, 1.82) is 0 Å². The van der Waals surface area contributed by atoms with Gasteiger partial charge in [0, 0.05) is 12.6 Å². The molecule has 78 valence electrons. The predicted molar refractivity (Wildman–Crippen MR) is 52.8 cm³/mol. The first kappa shape index (κ1) is 10.9. The molecule has 0 aliphatic heterocycles. The lowest BCUT2D eigenvalue weighted by Crippen LogP contribution is -2.36. The van der Waals surface area contributed by atoms with E-state index in [9.17, 15) is 8.42 Å². The summed E-state index contributed by atoms with van der Waals surface area (Å²) in [7, 11) is -3.04. The molecule has 0 radical (unpaired) electrons. The van der Waals surface area contributed by atoms with Gasteiger partial charge in [0.15, 0.2) is 0 Å². The quantitative estimate of drug-likeness (QED) is 0.683. The fourth-order valence-electron chi connectivity index (χ4n) is 1.66. The molecule has 4 nitrogen and oxygen atoms in total. The van der Waals surface area contributed by atoms with Gasteiger partial charge in [-0.05, 0) is 25.7 Å². The van der Waals surface area contributed by atoms with E-state index in [-0.39, 0.29) is 11.8 Å². The van der Waals surface area contributed by atoms with Crippen molar-refractivity contribution in [2.24, 2.45) is 11.7 Å². The van der Waals surface area contributed by atoms with Crippen LogP contribution >= 0.6 is 0 Å². The molecule has 13 heavy (non-hydrogen) atoms. The van der Waals surface area contributed by atoms with Crippen molar-refractivity contribution in [1.82, 2.24) is 4.72 Å². The van der Waals surface area contributed by atoms with Crippen LogP contribution < -0.4 is 10.5 Å². The lowest BCUT2D eigenvalue weighted by Gasteiger charge is -2.15. The zero-order valence-electron chi connectivity index (χ0n) is 7.99. The molecule has 1 saturated carbocycles. The van der Waals surface area contributed by atoms with Crippen LogP contribution in [0.25, 0.3) is 0 Å². The molecule has 0 aromatic carbocycles. The number of nitrogens with one attached hydrogen (secondary N) is 1. The Morgan fingerprint density at radius 3 is 2.62 bits per heavy atom. The van der Waals surface area contributed by atoms with Crippen LogP contribution in [0.1, 0.15) is 26.2 Å². The van der Waals surface area contributed by atoms with Crippen LogP contribution in [-0.4, -0.2) is 26.8 Å². The van der Waals surface area contributed by atoms with Crippen LogP contribution in [0.3, 0.4) is 0 Å². The Bertz CT molecular complexity index is 251. The van der Waals surface area contributed by atoms with Gasteiger partial charge in [0.1, 0.15) is 0 Å². The minimum atomic E-state index is -3.04. The second kappa shape index (κ2) is 4.39. The van der Waals surface area contributed by atoms with Gasteiger partial charge >= 0.3 is 0 Å². The van der Waals surface area contributed by atoms with Crippen LogP contribution in [0.2, 0.25) is 0 Å². The summed E-state index contributed by atoms with van der Waals surface area (Å²) in [6.07, 6.45) is 3.20. The van der Waals surface area contributed by atoms with Crippen molar-refractivity contribution in [2.75, 3.05) is 12.3 Å². The highest BCUT2D eigenvalue weighted by molar-refractivity contribution is 7.89. The Morgan fingerprint density at radius 1 is 1.46 bits per heavy atom. The minimum Gasteiger partial charge on any atom is -0.327 e. The van der Waals surface area contributed by atoms with Crippen molar-refractivity contribution in [3.05, 3.63) is 0 Å². The molecule has 1 aliphatic rings. The zero-order chi connectivity index (χ0) is 9.90. The second-order valence-corrected chi connectivity index (χ2v) is 5.70. The van der Waals surface area contributed by atoms with Crippen LogP contribution in [0.5, 0.6) is 0 Å². The minimum absolute atomic E-state index is 0.148. The first-order valence-corrected chi connectivity index (χ1v) is 6.43. The molecule has 0 aromatic heterocycles. The van der Waals surface area contributed by atoms with Gasteiger partial charge in [-0.25, -0.2) is 13.1 Å². The summed E-state index contributed by atoms with van der Waals surface area (Å²) in [5.41, 5.74) is 5.81. The Hall–Kier alpha value is -0.130. The molecule has 5 heteroatoms. The topological polar surface area (TPSA) is 72.2 Å². The van der Waals surface area contributed by atoms with E-state index in [1.54, 1.807) is 6.92 Å². The van der Waals surface area contributed by atoms with Crippen LogP contribution in [-0.2, 0) is 10.0 Å². The molecule has 0 spiro atoms. The first-order chi connectivity index (χ1) is 6.05. The van der Waals surface area contributed by atoms with E-state index in [1.165, 1.54) is 0 Å². The molecule has 1 fully saturated rings. The van der Waals surface area contributed by atoms with Crippen LogP contribution in [0.4, 0.5) is 0 Å². The Kier molecular flexibility index (Phi) is 3.70. The molecule has 3 N–H and O–H groups in total. The molecule has 1 rings (SSSR count). The van der Waals surface area contributed by atoms with Gasteiger partial charge in [-0.3, -0.25) is 0 Å². The van der Waals surface area contributed by atoms with Gasteiger partial charge in [0.25, 0.3) is 0 Å². The summed E-state index contributed by atoms with van der Waals surface area (Å²) >= 11 is 0. The molecule has 0 bridgehead atoms. The van der Waals surface area contributed by atoms with Crippen molar-refractivity contribution < 1.29 is 8.42 Å². The summed E-state index contributed by atoms with van der Waals surface area (Å²) in [5, 5.41) is 0. The fourth-order valence-corrected chi connectivity index (χ4v) is 2.33. The van der Waals surface area contributed by atoms with Crippen LogP contribution in [0, 0.1) is 5.92 Å². The highest BCUT2D eigenvalue weighted by atomic mass is 32.2. The first-order valence-electron chi connectivity index (χ1n) is 4.78. The Balaban J connectivity index is 2.34. The average molecular weight is 206 g/mol. The molecule has 0 saturated heterocycles. The third-order valence-corrected chi connectivity index (χ3v) is 4.03. The SMILES string of the molecule is CCS(=O)(=O)NCC1CCCC1N. The molecule has 2 atom stereocenters. The summed E-state index contributed by atoms with van der Waals surface area (Å²) in [6.45, 7) is 2.15.